The number of carbonyl (C=O) groups is 1. The van der Waals surface area contributed by atoms with Crippen LogP contribution in [0.4, 0.5) is 30.6 Å². The van der Waals surface area contributed by atoms with Gasteiger partial charge in [-0.05, 0) is 12.1 Å². The van der Waals surface area contributed by atoms with Crippen molar-refractivity contribution in [2.24, 2.45) is 0 Å². The van der Waals surface area contributed by atoms with Gasteiger partial charge in [0, 0.05) is 17.8 Å². The van der Waals surface area contributed by atoms with E-state index >= 15 is 0 Å². The highest BCUT2D eigenvalue weighted by Crippen LogP contribution is 2.22. The van der Waals surface area contributed by atoms with E-state index < -0.39 is 29.0 Å². The van der Waals surface area contributed by atoms with Gasteiger partial charge in [-0.3, -0.25) is 4.79 Å². The Balaban J connectivity index is 1.74. The molecule has 0 saturated heterocycles. The van der Waals surface area contributed by atoms with Crippen LogP contribution in [0.1, 0.15) is 10.7 Å². The lowest BCUT2D eigenvalue weighted by atomic mass is 10.3. The van der Waals surface area contributed by atoms with E-state index in [9.17, 15) is 18.0 Å². The first kappa shape index (κ1) is 15.5. The zero-order valence-electron chi connectivity index (χ0n) is 11.9. The lowest BCUT2D eigenvalue weighted by Crippen LogP contribution is -2.12. The first-order valence-electron chi connectivity index (χ1n) is 6.64. The van der Waals surface area contributed by atoms with Crippen molar-refractivity contribution in [3.8, 4) is 0 Å². The minimum Gasteiger partial charge on any atom is -0.399 e. The van der Waals surface area contributed by atoms with Gasteiger partial charge in [-0.15, -0.1) is 5.10 Å². The Labute approximate surface area is 133 Å². The highest BCUT2D eigenvalue weighted by molar-refractivity contribution is 6.00. The van der Waals surface area contributed by atoms with Crippen molar-refractivity contribution in [2.45, 2.75) is 0 Å². The maximum atomic E-state index is 13.5. The minimum absolute atomic E-state index is 0.349. The summed E-state index contributed by atoms with van der Waals surface area (Å²) in [5.41, 5.74) is 0.106. The van der Waals surface area contributed by atoms with Crippen molar-refractivity contribution in [3.05, 3.63) is 65.8 Å². The van der Waals surface area contributed by atoms with Gasteiger partial charge in [0.25, 0.3) is 0 Å². The normalized spacial score (nSPS) is 10.5. The molecule has 0 radical (unpaired) electrons. The fraction of sp³-hybridized carbons (Fsp3) is 0. The van der Waals surface area contributed by atoms with Crippen LogP contribution in [0.25, 0.3) is 0 Å². The maximum absolute atomic E-state index is 13.5. The van der Waals surface area contributed by atoms with Crippen molar-refractivity contribution in [3.63, 3.8) is 0 Å². The second-order valence-electron chi connectivity index (χ2n) is 4.60. The maximum Gasteiger partial charge on any atom is 0.320 e. The van der Waals surface area contributed by atoms with Crippen LogP contribution in [0.5, 0.6) is 0 Å². The molecule has 1 amide bonds. The molecule has 0 fully saturated rings. The summed E-state index contributed by atoms with van der Waals surface area (Å²) in [6.07, 6.45) is 0. The van der Waals surface area contributed by atoms with Gasteiger partial charge in [-0.2, -0.15) is 0 Å². The number of aromatic nitrogens is 2. The van der Waals surface area contributed by atoms with E-state index in [2.05, 4.69) is 20.8 Å². The van der Waals surface area contributed by atoms with Gasteiger partial charge in [-0.25, -0.2) is 13.2 Å². The van der Waals surface area contributed by atoms with Crippen LogP contribution in [0.2, 0.25) is 0 Å². The molecule has 24 heavy (non-hydrogen) atoms. The molecule has 0 aliphatic carbocycles. The highest BCUT2D eigenvalue weighted by Gasteiger charge is 2.17. The number of nitrogens with one attached hydrogen (secondary N) is 2. The molecule has 0 unspecified atom stereocenters. The second-order valence-corrected chi connectivity index (χ2v) is 4.60. The monoisotopic (exact) mass is 334 g/mol. The van der Waals surface area contributed by atoms with Gasteiger partial charge < -0.3 is 15.1 Å². The average Bonchev–Trinajstić information content (AvgIpc) is 3.02. The largest absolute Gasteiger partial charge is 0.399 e. The Bertz CT molecular complexity index is 884. The Hall–Kier alpha value is -3.36. The summed E-state index contributed by atoms with van der Waals surface area (Å²) in [6.45, 7) is 0. The summed E-state index contributed by atoms with van der Waals surface area (Å²) < 4.78 is 44.5. The van der Waals surface area contributed by atoms with Crippen molar-refractivity contribution in [2.75, 3.05) is 10.6 Å². The predicted molar refractivity (Wildman–Crippen MR) is 78.3 cm³/mol. The van der Waals surface area contributed by atoms with E-state index in [1.54, 1.807) is 30.3 Å². The zero-order valence-corrected chi connectivity index (χ0v) is 11.9. The molecule has 2 aromatic carbocycles. The Morgan fingerprint density at radius 1 is 0.958 bits per heavy atom. The molecule has 122 valence electrons. The summed E-state index contributed by atoms with van der Waals surface area (Å²) in [5.74, 6) is -4.69. The van der Waals surface area contributed by atoms with Crippen LogP contribution >= 0.6 is 0 Å². The molecule has 9 heteroatoms. The quantitative estimate of drug-likeness (QED) is 0.714. The van der Waals surface area contributed by atoms with Crippen molar-refractivity contribution in [1.29, 1.82) is 0 Å². The standard InChI is InChI=1S/C15H9F3N4O2/c16-9-6-11(18)12(7-10(9)17)20-15-22-21-14(24-15)13(23)19-8-4-2-1-3-5-8/h1-7H,(H,19,23)(H,20,22). The van der Waals surface area contributed by atoms with Crippen LogP contribution in [0.3, 0.4) is 0 Å². The van der Waals surface area contributed by atoms with Crippen LogP contribution in [0.15, 0.2) is 46.9 Å². The average molecular weight is 334 g/mol. The number of nitrogens with zero attached hydrogens (tertiary/aromatic N) is 2. The molecule has 0 aliphatic heterocycles. The van der Waals surface area contributed by atoms with Crippen molar-refractivity contribution >= 4 is 23.3 Å². The molecule has 0 spiro atoms. The first-order chi connectivity index (χ1) is 11.5. The topological polar surface area (TPSA) is 80.0 Å². The van der Waals surface area contributed by atoms with Gasteiger partial charge in [0.1, 0.15) is 5.82 Å². The minimum atomic E-state index is -1.33. The lowest BCUT2D eigenvalue weighted by molar-refractivity contribution is 0.0991. The number of anilines is 3. The lowest BCUT2D eigenvalue weighted by Gasteiger charge is -2.03. The van der Waals surface area contributed by atoms with Crippen LogP contribution in [0, 0.1) is 17.5 Å². The Kier molecular flexibility index (Phi) is 4.15. The molecule has 0 aliphatic rings. The van der Waals surface area contributed by atoms with E-state index in [0.29, 0.717) is 17.8 Å². The summed E-state index contributed by atoms with van der Waals surface area (Å²) in [7, 11) is 0. The van der Waals surface area contributed by atoms with E-state index in [-0.39, 0.29) is 11.9 Å². The number of amides is 1. The smallest absolute Gasteiger partial charge is 0.320 e. The first-order valence-corrected chi connectivity index (χ1v) is 6.64. The van der Waals surface area contributed by atoms with Crippen LogP contribution < -0.4 is 10.6 Å². The molecule has 3 rings (SSSR count). The summed E-state index contributed by atoms with van der Waals surface area (Å²) in [6, 6.07) is 9.16. The molecule has 0 bridgehead atoms. The number of para-hydroxylation sites is 1. The summed E-state index contributed by atoms with van der Waals surface area (Å²) >= 11 is 0. The SMILES string of the molecule is O=C(Nc1ccccc1)c1nnc(Nc2cc(F)c(F)cc2F)o1. The van der Waals surface area contributed by atoms with E-state index in [1.165, 1.54) is 0 Å². The van der Waals surface area contributed by atoms with E-state index in [4.69, 9.17) is 4.42 Å². The number of rotatable bonds is 4. The molecular weight excluding hydrogens is 325 g/mol. The number of halogens is 3. The summed E-state index contributed by atoms with van der Waals surface area (Å²) in [5, 5.41) is 11.8. The second kappa shape index (κ2) is 6.41. The number of benzene rings is 2. The molecule has 1 heterocycles. The predicted octanol–water partition coefficient (Wildman–Crippen LogP) is 3.48. The fourth-order valence-corrected chi connectivity index (χ4v) is 1.81. The zero-order chi connectivity index (χ0) is 17.1. The Morgan fingerprint density at radius 3 is 2.42 bits per heavy atom. The van der Waals surface area contributed by atoms with Gasteiger partial charge in [0.2, 0.25) is 0 Å². The van der Waals surface area contributed by atoms with Crippen molar-refractivity contribution < 1.29 is 22.4 Å². The fourth-order valence-electron chi connectivity index (χ4n) is 1.81. The molecule has 0 atom stereocenters. The van der Waals surface area contributed by atoms with Gasteiger partial charge in [0.05, 0.1) is 5.69 Å². The third kappa shape index (κ3) is 3.35. The number of carbonyl (C=O) groups excluding carboxylic acids is 1. The number of hydrogen-bond donors (Lipinski definition) is 2. The van der Waals surface area contributed by atoms with E-state index in [0.717, 1.165) is 0 Å². The van der Waals surface area contributed by atoms with E-state index in [1.807, 2.05) is 0 Å². The van der Waals surface area contributed by atoms with Crippen molar-refractivity contribution in [1.82, 2.24) is 10.2 Å². The molecule has 2 N–H and O–H groups in total. The van der Waals surface area contributed by atoms with Crippen LogP contribution in [-0.2, 0) is 0 Å². The Morgan fingerprint density at radius 2 is 1.67 bits per heavy atom. The van der Waals surface area contributed by atoms with Gasteiger partial charge in [-0.1, -0.05) is 23.3 Å². The third-order valence-corrected chi connectivity index (χ3v) is 2.90. The highest BCUT2D eigenvalue weighted by atomic mass is 19.2. The summed E-state index contributed by atoms with van der Waals surface area (Å²) in [4.78, 5) is 11.9. The molecule has 6 nitrogen and oxygen atoms in total. The molecule has 0 saturated carbocycles. The molecular formula is C15H9F3N4O2. The van der Waals surface area contributed by atoms with Gasteiger partial charge >= 0.3 is 17.8 Å². The third-order valence-electron chi connectivity index (χ3n) is 2.90. The number of hydrogen-bond acceptors (Lipinski definition) is 5. The van der Waals surface area contributed by atoms with Crippen LogP contribution in [-0.4, -0.2) is 16.1 Å². The van der Waals surface area contributed by atoms with Gasteiger partial charge in [0.15, 0.2) is 11.6 Å². The molecule has 1 aromatic heterocycles. The molecule has 3 aromatic rings.